The van der Waals surface area contributed by atoms with E-state index in [4.69, 9.17) is 39.5 Å². The molecule has 1 N–H and O–H groups in total. The summed E-state index contributed by atoms with van der Waals surface area (Å²) in [4.78, 5) is 31.8. The molecule has 0 bridgehead atoms. The Morgan fingerprint density at radius 3 is 2.17 bits per heavy atom. The van der Waals surface area contributed by atoms with E-state index in [0.29, 0.717) is 5.57 Å². The van der Waals surface area contributed by atoms with Crippen molar-refractivity contribution in [2.45, 2.75) is 80.5 Å². The highest BCUT2D eigenvalue weighted by atomic mass is 35.6. The van der Waals surface area contributed by atoms with Crippen LogP contribution in [0.2, 0.25) is 0 Å². The van der Waals surface area contributed by atoms with Gasteiger partial charge in [0.25, 0.3) is 5.91 Å². The van der Waals surface area contributed by atoms with Crippen molar-refractivity contribution >= 4 is 64.7 Å². The van der Waals surface area contributed by atoms with Gasteiger partial charge in [-0.05, 0) is 46.4 Å². The van der Waals surface area contributed by atoms with Crippen molar-refractivity contribution in [3.8, 4) is 5.75 Å². The third-order valence-corrected chi connectivity index (χ3v) is 7.49. The number of carbonyl (C=O) groups is 2. The average molecular weight is 562 g/mol. The average Bonchev–Trinajstić information content (AvgIpc) is 2.70. The fourth-order valence-electron chi connectivity index (χ4n) is 4.05. The number of phenols is 1. The molecule has 1 aromatic carbocycles. The lowest BCUT2D eigenvalue weighted by Gasteiger charge is -2.50. The van der Waals surface area contributed by atoms with Gasteiger partial charge in [-0.15, -0.1) is 11.8 Å². The molecule has 1 aromatic rings. The molecule has 0 spiro atoms. The topological polar surface area (TPSA) is 79.2 Å². The molecule has 3 atom stereocenters. The highest BCUT2D eigenvalue weighted by Crippen LogP contribution is 2.42. The number of carbonyl (C=O) groups excluding carboxylic acids is 2. The molecule has 1 amide bonds. The number of fused-ring (bicyclic) bond motifs is 1. The van der Waals surface area contributed by atoms with E-state index in [-0.39, 0.29) is 27.9 Å². The number of esters is 1. The maximum atomic E-state index is 13.0. The SMILES string of the molecule is CC1=CS[C@H]2[C@H](N=Cc3cc(C(C)(C)C)c(O)c(C(C)(C)C)c3)C(=O)N2C1C(=O)OCC(Cl)(Cl)Cl. The van der Waals surface area contributed by atoms with Gasteiger partial charge in [-0.25, -0.2) is 4.79 Å². The van der Waals surface area contributed by atoms with Crippen LogP contribution in [0.5, 0.6) is 5.75 Å². The second kappa shape index (κ2) is 9.81. The highest BCUT2D eigenvalue weighted by Gasteiger charge is 2.55. The zero-order chi connectivity index (χ0) is 26.5. The Morgan fingerprint density at radius 2 is 1.69 bits per heavy atom. The number of nitrogens with zero attached hydrogens (tertiary/aromatic N) is 2. The molecule has 2 aliphatic heterocycles. The summed E-state index contributed by atoms with van der Waals surface area (Å²) in [5.41, 5.74) is 2.55. The minimum absolute atomic E-state index is 0.270. The van der Waals surface area contributed by atoms with Crippen LogP contribution >= 0.6 is 46.6 Å². The van der Waals surface area contributed by atoms with E-state index < -0.39 is 28.5 Å². The van der Waals surface area contributed by atoms with Crippen molar-refractivity contribution in [2.75, 3.05) is 6.61 Å². The maximum Gasteiger partial charge on any atom is 0.333 e. The first-order chi connectivity index (χ1) is 15.9. The molecule has 1 saturated heterocycles. The molecule has 2 aliphatic rings. The van der Waals surface area contributed by atoms with Gasteiger partial charge in [0.1, 0.15) is 17.7 Å². The summed E-state index contributed by atoms with van der Waals surface area (Å²) in [6, 6.07) is 2.30. The van der Waals surface area contributed by atoms with Crippen molar-refractivity contribution in [3.63, 3.8) is 0 Å². The normalized spacial score (nSPS) is 23.1. The fourth-order valence-corrected chi connectivity index (χ4v) is 5.39. The van der Waals surface area contributed by atoms with Gasteiger partial charge in [-0.3, -0.25) is 9.79 Å². The Morgan fingerprint density at radius 1 is 1.14 bits per heavy atom. The van der Waals surface area contributed by atoms with Gasteiger partial charge in [0.15, 0.2) is 12.1 Å². The molecule has 2 heterocycles. The van der Waals surface area contributed by atoms with Crippen LogP contribution in [0, 0.1) is 0 Å². The molecular weight excluding hydrogens is 531 g/mol. The van der Waals surface area contributed by atoms with Crippen molar-refractivity contribution < 1.29 is 19.4 Å². The predicted molar refractivity (Wildman–Crippen MR) is 144 cm³/mol. The van der Waals surface area contributed by atoms with Gasteiger partial charge < -0.3 is 14.7 Å². The molecule has 0 radical (unpaired) electrons. The molecule has 1 unspecified atom stereocenters. The molecule has 1 fully saturated rings. The van der Waals surface area contributed by atoms with E-state index in [1.807, 2.05) is 59.1 Å². The number of hydrogen-bond acceptors (Lipinski definition) is 6. The number of alkyl halides is 3. The quantitative estimate of drug-likeness (QED) is 0.215. The third kappa shape index (κ3) is 6.12. The van der Waals surface area contributed by atoms with Crippen LogP contribution in [0.4, 0.5) is 0 Å². The summed E-state index contributed by atoms with van der Waals surface area (Å²) in [5, 5.41) is 12.4. The Balaban J connectivity index is 1.86. The van der Waals surface area contributed by atoms with Crippen LogP contribution in [0.3, 0.4) is 0 Å². The van der Waals surface area contributed by atoms with E-state index >= 15 is 0 Å². The summed E-state index contributed by atoms with van der Waals surface area (Å²) < 4.78 is 3.41. The summed E-state index contributed by atoms with van der Waals surface area (Å²) in [7, 11) is 0. The second-order valence-electron chi connectivity index (χ2n) is 10.9. The smallest absolute Gasteiger partial charge is 0.333 e. The number of halogens is 3. The minimum atomic E-state index is -1.73. The first kappa shape index (κ1) is 28.2. The molecule has 192 valence electrons. The summed E-state index contributed by atoms with van der Waals surface area (Å²) in [5.74, 6) is -0.630. The number of aliphatic imine (C=N–C) groups is 1. The van der Waals surface area contributed by atoms with Crippen LogP contribution in [0.1, 0.15) is 65.2 Å². The van der Waals surface area contributed by atoms with Crippen LogP contribution in [0.25, 0.3) is 0 Å². The Bertz CT molecular complexity index is 1050. The zero-order valence-electron chi connectivity index (χ0n) is 20.9. The number of β-lactam (4-membered cyclic amide) rings is 1. The Hall–Kier alpha value is -1.41. The Kier molecular flexibility index (Phi) is 7.89. The minimum Gasteiger partial charge on any atom is -0.507 e. The van der Waals surface area contributed by atoms with Gasteiger partial charge in [-0.2, -0.15) is 0 Å². The van der Waals surface area contributed by atoms with Crippen molar-refractivity contribution in [2.24, 2.45) is 4.99 Å². The van der Waals surface area contributed by atoms with Crippen molar-refractivity contribution in [1.82, 2.24) is 4.90 Å². The highest BCUT2D eigenvalue weighted by molar-refractivity contribution is 8.02. The Labute approximate surface area is 226 Å². The first-order valence-corrected chi connectivity index (χ1v) is 13.3. The lowest BCUT2D eigenvalue weighted by Crippen LogP contribution is -2.68. The van der Waals surface area contributed by atoms with Gasteiger partial charge in [0.05, 0.1) is 0 Å². The lowest BCUT2D eigenvalue weighted by molar-refractivity contribution is -0.161. The third-order valence-electron chi connectivity index (χ3n) is 5.89. The standard InChI is InChI=1S/C25H31Cl3N2O4S/c1-13-11-35-21-17(20(32)30(21)18(13)22(33)34-12-25(26,27)28)29-10-14-8-15(23(2,3)4)19(31)16(9-14)24(5,6)7/h8-11,17-18,21,31H,12H2,1-7H3/t17-,18?,21+/m1/s1. The van der Waals surface area contributed by atoms with Crippen molar-refractivity contribution in [1.29, 1.82) is 0 Å². The van der Waals surface area contributed by atoms with E-state index in [2.05, 4.69) is 4.99 Å². The molecule has 10 heteroatoms. The largest absolute Gasteiger partial charge is 0.507 e. The van der Waals surface area contributed by atoms with Crippen molar-refractivity contribution in [3.05, 3.63) is 39.8 Å². The molecule has 0 saturated carbocycles. The van der Waals surface area contributed by atoms with Gasteiger partial charge in [-0.1, -0.05) is 76.3 Å². The van der Waals surface area contributed by atoms with Crippen LogP contribution in [-0.2, 0) is 25.2 Å². The lowest BCUT2D eigenvalue weighted by atomic mass is 9.78. The number of rotatable bonds is 4. The van der Waals surface area contributed by atoms with Gasteiger partial charge in [0, 0.05) is 17.3 Å². The first-order valence-electron chi connectivity index (χ1n) is 11.2. The van der Waals surface area contributed by atoms with E-state index in [1.165, 1.54) is 16.7 Å². The van der Waals surface area contributed by atoms with Crippen LogP contribution in [-0.4, -0.2) is 56.0 Å². The number of phenolic OH excluding ortho intramolecular Hbond substituents is 1. The number of hydrogen-bond donors (Lipinski definition) is 1. The number of benzene rings is 1. The molecule has 3 rings (SSSR count). The zero-order valence-corrected chi connectivity index (χ0v) is 23.9. The van der Waals surface area contributed by atoms with Crippen LogP contribution < -0.4 is 0 Å². The fraction of sp³-hybridized carbons (Fsp3) is 0.560. The summed E-state index contributed by atoms with van der Waals surface area (Å²) in [6.07, 6.45) is 1.67. The van der Waals surface area contributed by atoms with E-state index in [9.17, 15) is 14.7 Å². The number of amides is 1. The number of ether oxygens (including phenoxy) is 1. The second-order valence-corrected chi connectivity index (χ2v) is 14.5. The molecule has 6 nitrogen and oxygen atoms in total. The predicted octanol–water partition coefficient (Wildman–Crippen LogP) is 5.88. The van der Waals surface area contributed by atoms with Crippen LogP contribution in [0.15, 0.2) is 28.1 Å². The maximum absolute atomic E-state index is 13.0. The number of thioether (sulfide) groups is 1. The molecular formula is C25H31Cl3N2O4S. The monoisotopic (exact) mass is 560 g/mol. The molecule has 0 aromatic heterocycles. The summed E-state index contributed by atoms with van der Waals surface area (Å²) >= 11 is 18.5. The van der Waals surface area contributed by atoms with Gasteiger partial charge in [0.2, 0.25) is 3.79 Å². The van der Waals surface area contributed by atoms with E-state index in [0.717, 1.165) is 16.7 Å². The molecule has 0 aliphatic carbocycles. The van der Waals surface area contributed by atoms with Gasteiger partial charge >= 0.3 is 5.97 Å². The van der Waals surface area contributed by atoms with E-state index in [1.54, 1.807) is 13.1 Å². The number of aromatic hydroxyl groups is 1. The summed E-state index contributed by atoms with van der Waals surface area (Å²) in [6.45, 7) is 13.6. The molecule has 35 heavy (non-hydrogen) atoms.